The quantitative estimate of drug-likeness (QED) is 0.115. The third kappa shape index (κ3) is 6.79. The van der Waals surface area contributed by atoms with Crippen LogP contribution in [0.1, 0.15) is 6.23 Å². The molecule has 8 atom stereocenters. The summed E-state index contributed by atoms with van der Waals surface area (Å²) in [4.78, 5) is 66.3. The number of phosphoric acid groups is 3. The third-order valence-corrected chi connectivity index (χ3v) is 9.33. The highest BCUT2D eigenvalue weighted by Gasteiger charge is 2.55. The Morgan fingerprint density at radius 3 is 2.61 bits per heavy atom. The fraction of sp³-hybridized carbons (Fsp3) is 0.400. The Balaban J connectivity index is 1.38. The van der Waals surface area contributed by atoms with Gasteiger partial charge in [-0.25, -0.2) is 18.6 Å². The minimum atomic E-state index is -6.14. The van der Waals surface area contributed by atoms with Crippen molar-refractivity contribution in [1.82, 2.24) is 29.7 Å². The van der Waals surface area contributed by atoms with Crippen LogP contribution in [-0.2, 0) is 45.8 Å². The van der Waals surface area contributed by atoms with E-state index in [4.69, 9.17) is 37.1 Å². The summed E-state index contributed by atoms with van der Waals surface area (Å²) in [6.45, 7) is -0.989. The summed E-state index contributed by atoms with van der Waals surface area (Å²) in [5.74, 6) is -0.640. The van der Waals surface area contributed by atoms with E-state index in [1.165, 1.54) is 23.2 Å². The Labute approximate surface area is 231 Å². The number of hydrogen-bond donors (Lipinski definition) is 5. The van der Waals surface area contributed by atoms with Gasteiger partial charge in [-0.1, -0.05) is 12.2 Å². The smallest absolute Gasteiger partial charge is 0.282 e. The van der Waals surface area contributed by atoms with E-state index >= 15 is 0 Å². The van der Waals surface area contributed by atoms with Gasteiger partial charge < -0.3 is 54.3 Å². The number of phosphoric ester groups is 1. The average Bonchev–Trinajstić information content (AvgIpc) is 3.59. The van der Waals surface area contributed by atoms with E-state index in [-0.39, 0.29) is 27.6 Å². The zero-order valence-corrected chi connectivity index (χ0v) is 23.2. The molecule has 2 aliphatic rings. The molecule has 2 aliphatic heterocycles. The van der Waals surface area contributed by atoms with Gasteiger partial charge in [0, 0.05) is 6.07 Å². The number of H-pyrrole nitrogens is 2. The maximum Gasteiger partial charge on any atom is 0.282 e. The number of carbonyl (C=O) groups excluding carboxylic acids is 1. The van der Waals surface area contributed by atoms with Gasteiger partial charge in [-0.3, -0.25) is 28.2 Å². The molecular weight excluding hydrogens is 641 g/mol. The van der Waals surface area contributed by atoms with E-state index in [0.717, 1.165) is 0 Å². The molecule has 41 heavy (non-hydrogen) atoms. The average molecular weight is 657 g/mol. The van der Waals surface area contributed by atoms with Crippen LogP contribution in [0.3, 0.4) is 0 Å². The van der Waals surface area contributed by atoms with Gasteiger partial charge in [-0.15, -0.1) is 0 Å². The first-order chi connectivity index (χ1) is 19.1. The van der Waals surface area contributed by atoms with Gasteiger partial charge in [0.15, 0.2) is 16.8 Å². The van der Waals surface area contributed by atoms with Crippen LogP contribution < -0.4 is 25.7 Å². The Bertz CT molecular complexity index is 1660. The molecule has 0 radical (unpaired) electrons. The van der Waals surface area contributed by atoms with Crippen molar-refractivity contribution in [3.63, 3.8) is 0 Å². The molecule has 22 nitrogen and oxygen atoms in total. The lowest BCUT2D eigenvalue weighted by Crippen LogP contribution is -2.34. The van der Waals surface area contributed by atoms with Crippen LogP contribution in [0.2, 0.25) is 0 Å². The molecule has 0 aliphatic carbocycles. The van der Waals surface area contributed by atoms with E-state index < -0.39 is 66.8 Å². The van der Waals surface area contributed by atoms with E-state index in [0.29, 0.717) is 0 Å². The van der Waals surface area contributed by atoms with Crippen LogP contribution in [0.5, 0.6) is 0 Å². The Hall–Kier alpha value is -2.46. The molecule has 7 unspecified atom stereocenters. The van der Waals surface area contributed by atoms with Gasteiger partial charge >= 0.3 is 0 Å². The standard InChI is InChI=1S/C15H19N8O14P3S/c16-15-20-10-7(12(41)21-15)17-4-23(10)13-9-8(34-14(35-9)11(24)19-6-1-2-18-22-6)5(33-13)3-32-39(28,29)37-40(30,31)36-38(25,26)27/h1-2,4-5,8-9,13-14H,3H2,(H,28,29)(H,30,31)(H2,25,26,27)(H3,16,20,21,41)(H2,18,19,22,24)/p-3/t5?,8?,9?,13?,14-/m1/s1. The van der Waals surface area contributed by atoms with Gasteiger partial charge in [-0.05, 0) is 0 Å². The van der Waals surface area contributed by atoms with Gasteiger partial charge in [0.25, 0.3) is 29.4 Å². The first kappa shape index (κ1) is 30.0. The zero-order chi connectivity index (χ0) is 29.7. The van der Waals surface area contributed by atoms with Gasteiger partial charge in [0.1, 0.15) is 35.3 Å². The fourth-order valence-corrected chi connectivity index (χ4v) is 7.08. The van der Waals surface area contributed by atoms with Crippen molar-refractivity contribution in [1.29, 1.82) is 0 Å². The molecule has 0 aromatic carbocycles. The largest absolute Gasteiger partial charge is 0.756 e. The Kier molecular flexibility index (Phi) is 8.04. The maximum atomic E-state index is 12.7. The topological polar surface area (TPSA) is 326 Å². The SMILES string of the molecule is Nc1nc(=S)c2ncn(C3OC(COP(=O)([O-])OP(=O)([O-])OP(=O)([O-])O)C4O[C@@H](C(=O)Nc5ccn[nH]5)OC43)c2[nH]1. The molecule has 2 saturated heterocycles. The van der Waals surface area contributed by atoms with Crippen molar-refractivity contribution in [2.75, 3.05) is 17.7 Å². The first-order valence-corrected chi connectivity index (χ1v) is 15.7. The monoisotopic (exact) mass is 657 g/mol. The molecule has 0 saturated carbocycles. The number of nitrogen functional groups attached to an aromatic ring is 1. The van der Waals surface area contributed by atoms with Crippen molar-refractivity contribution in [3.8, 4) is 0 Å². The highest BCUT2D eigenvalue weighted by molar-refractivity contribution is 7.71. The Morgan fingerprint density at radius 2 is 1.93 bits per heavy atom. The first-order valence-electron chi connectivity index (χ1n) is 10.8. The molecule has 5 heterocycles. The van der Waals surface area contributed by atoms with Gasteiger partial charge in [-0.2, -0.15) is 5.10 Å². The predicted octanol–water partition coefficient (Wildman–Crippen LogP) is -2.11. The summed E-state index contributed by atoms with van der Waals surface area (Å²) in [6, 6.07) is 1.45. The number of nitrogens with two attached hydrogens (primary N) is 1. The maximum absolute atomic E-state index is 12.7. The fourth-order valence-electron chi connectivity index (χ4n) is 3.93. The molecule has 224 valence electrons. The zero-order valence-electron chi connectivity index (χ0n) is 19.7. The number of rotatable bonds is 10. The molecule has 6 N–H and O–H groups in total. The number of hydrogen-bond acceptors (Lipinski definition) is 18. The lowest BCUT2D eigenvalue weighted by Gasteiger charge is -2.33. The molecule has 3 aromatic rings. The molecule has 2 fully saturated rings. The second-order valence-electron chi connectivity index (χ2n) is 8.16. The molecule has 1 amide bonds. The number of fused-ring (bicyclic) bond motifs is 2. The van der Waals surface area contributed by atoms with Crippen LogP contribution in [0.15, 0.2) is 18.6 Å². The minimum Gasteiger partial charge on any atom is -0.756 e. The molecular formula is C15H16N8O14P3S-3. The van der Waals surface area contributed by atoms with Crippen LogP contribution in [0.4, 0.5) is 11.8 Å². The van der Waals surface area contributed by atoms with Gasteiger partial charge in [0.05, 0.1) is 19.1 Å². The number of aromatic amines is 2. The summed E-state index contributed by atoms with van der Waals surface area (Å²) in [7, 11) is -17.9. The lowest BCUT2D eigenvalue weighted by atomic mass is 10.1. The van der Waals surface area contributed by atoms with E-state index in [1.54, 1.807) is 0 Å². The summed E-state index contributed by atoms with van der Waals surface area (Å²) in [5.41, 5.74) is 6.18. The summed E-state index contributed by atoms with van der Waals surface area (Å²) in [6.07, 6.45) is -3.81. The molecule has 0 bridgehead atoms. The van der Waals surface area contributed by atoms with Crippen LogP contribution in [0.25, 0.3) is 11.2 Å². The predicted molar refractivity (Wildman–Crippen MR) is 125 cm³/mol. The number of imidazole rings is 1. The summed E-state index contributed by atoms with van der Waals surface area (Å²) < 4.78 is 64.4. The van der Waals surface area contributed by atoms with Crippen molar-refractivity contribution in [2.24, 2.45) is 0 Å². The number of nitrogens with zero attached hydrogens (tertiary/aromatic N) is 4. The number of carbonyl (C=O) groups is 1. The summed E-state index contributed by atoms with van der Waals surface area (Å²) in [5, 5.41) is 8.66. The van der Waals surface area contributed by atoms with Crippen LogP contribution in [0, 0.1) is 4.64 Å². The van der Waals surface area contributed by atoms with E-state index in [9.17, 15) is 33.2 Å². The van der Waals surface area contributed by atoms with Crippen molar-refractivity contribution < 1.29 is 65.4 Å². The highest BCUT2D eigenvalue weighted by Crippen LogP contribution is 2.61. The number of aromatic nitrogens is 6. The lowest BCUT2D eigenvalue weighted by molar-refractivity contribution is -0.250. The van der Waals surface area contributed by atoms with E-state index in [1.807, 2.05) is 0 Å². The molecule has 0 spiro atoms. The third-order valence-electron chi connectivity index (χ3n) is 5.36. The van der Waals surface area contributed by atoms with Gasteiger partial charge in [0.2, 0.25) is 6.29 Å². The second-order valence-corrected chi connectivity index (χ2v) is 12.8. The Morgan fingerprint density at radius 1 is 1.20 bits per heavy atom. The van der Waals surface area contributed by atoms with Crippen LogP contribution >= 0.6 is 35.7 Å². The second kappa shape index (κ2) is 11.0. The minimum absolute atomic E-state index is 0.0454. The van der Waals surface area contributed by atoms with Crippen molar-refractivity contribution in [2.45, 2.75) is 30.8 Å². The number of nitrogens with one attached hydrogen (secondary N) is 3. The van der Waals surface area contributed by atoms with E-state index in [2.05, 4.69) is 43.6 Å². The number of amides is 1. The molecule has 3 aromatic heterocycles. The van der Waals surface area contributed by atoms with Crippen molar-refractivity contribution >= 4 is 64.5 Å². The number of ether oxygens (including phenoxy) is 3. The number of anilines is 2. The van der Waals surface area contributed by atoms with Crippen molar-refractivity contribution in [3.05, 3.63) is 23.2 Å². The summed E-state index contributed by atoms with van der Waals surface area (Å²) >= 11 is 5.16. The normalized spacial score (nSPS) is 28.5. The van der Waals surface area contributed by atoms with Crippen LogP contribution in [-0.4, -0.2) is 71.7 Å². The molecule has 26 heteroatoms. The highest BCUT2D eigenvalue weighted by atomic mass is 32.1. The molecule has 5 rings (SSSR count).